The lowest BCUT2D eigenvalue weighted by Gasteiger charge is -2.13. The summed E-state index contributed by atoms with van der Waals surface area (Å²) in [5, 5.41) is 14.4. The molecule has 0 spiro atoms. The fraction of sp³-hybridized carbons (Fsp3) is 0.182. The molecule has 0 radical (unpaired) electrons. The number of carbonyl (C=O) groups is 1. The molecule has 0 aliphatic heterocycles. The fourth-order valence-corrected chi connectivity index (χ4v) is 4.10. The van der Waals surface area contributed by atoms with E-state index in [1.54, 1.807) is 12.1 Å². The van der Waals surface area contributed by atoms with Gasteiger partial charge in [-0.3, -0.25) is 4.79 Å². The van der Waals surface area contributed by atoms with E-state index in [0.717, 1.165) is 27.3 Å². The molecule has 0 aliphatic carbocycles. The number of nitrogens with zero attached hydrogens (tertiary/aromatic N) is 1. The van der Waals surface area contributed by atoms with Gasteiger partial charge in [0.1, 0.15) is 0 Å². The van der Waals surface area contributed by atoms with Gasteiger partial charge in [-0.25, -0.2) is 4.98 Å². The van der Waals surface area contributed by atoms with Crippen LogP contribution in [0.15, 0.2) is 55.1 Å². The Balaban J connectivity index is 1.80. The number of carboxylic acids is 1. The summed E-state index contributed by atoms with van der Waals surface area (Å²) in [7, 11) is 0. The summed E-state index contributed by atoms with van der Waals surface area (Å²) in [6.45, 7) is 6.22. The summed E-state index contributed by atoms with van der Waals surface area (Å²) < 4.78 is 0. The Morgan fingerprint density at radius 2 is 1.93 bits per heavy atom. The maximum Gasteiger partial charge on any atom is 0.308 e. The van der Waals surface area contributed by atoms with Crippen LogP contribution in [0, 0.1) is 5.92 Å². The van der Waals surface area contributed by atoms with Crippen molar-refractivity contribution < 1.29 is 9.90 Å². The van der Waals surface area contributed by atoms with Crippen LogP contribution in [0.25, 0.3) is 16.8 Å². The minimum Gasteiger partial charge on any atom is -0.481 e. The van der Waals surface area contributed by atoms with Gasteiger partial charge in [-0.2, -0.15) is 0 Å². The van der Waals surface area contributed by atoms with Crippen molar-refractivity contribution in [1.29, 1.82) is 0 Å². The number of aromatic nitrogens is 1. The summed E-state index contributed by atoms with van der Waals surface area (Å²) in [6, 6.07) is 14.9. The molecule has 3 aromatic rings. The summed E-state index contributed by atoms with van der Waals surface area (Å²) in [4.78, 5) is 17.3. The van der Waals surface area contributed by atoms with Gasteiger partial charge in [-0.1, -0.05) is 77.5 Å². The largest absolute Gasteiger partial charge is 0.481 e. The van der Waals surface area contributed by atoms with E-state index in [0.29, 0.717) is 21.6 Å². The Morgan fingerprint density at radius 3 is 2.55 bits per heavy atom. The van der Waals surface area contributed by atoms with Gasteiger partial charge in [0, 0.05) is 12.1 Å². The number of nitrogens with one attached hydrogen (secondary N) is 1. The third-order valence-electron chi connectivity index (χ3n) is 4.38. The van der Waals surface area contributed by atoms with Gasteiger partial charge in [-0.05, 0) is 36.6 Å². The molecule has 7 heteroatoms. The van der Waals surface area contributed by atoms with Crippen molar-refractivity contribution in [2.75, 3.05) is 11.9 Å². The second kappa shape index (κ2) is 9.44. The van der Waals surface area contributed by atoms with Gasteiger partial charge in [0.15, 0.2) is 5.13 Å². The monoisotopic (exact) mass is 446 g/mol. The van der Waals surface area contributed by atoms with E-state index in [1.807, 2.05) is 43.3 Å². The molecule has 0 aliphatic rings. The van der Waals surface area contributed by atoms with Crippen molar-refractivity contribution in [2.24, 2.45) is 5.92 Å². The predicted octanol–water partition coefficient (Wildman–Crippen LogP) is 6.51. The lowest BCUT2D eigenvalue weighted by atomic mass is 9.99. The number of thiazole rings is 1. The third kappa shape index (κ3) is 5.38. The van der Waals surface area contributed by atoms with E-state index in [9.17, 15) is 9.90 Å². The molecule has 0 saturated heterocycles. The number of aliphatic carboxylic acids is 1. The summed E-state index contributed by atoms with van der Waals surface area (Å²) in [5.41, 5.74) is 3.44. The summed E-state index contributed by atoms with van der Waals surface area (Å²) in [6.07, 6.45) is 0.446. The topological polar surface area (TPSA) is 62.2 Å². The molecule has 1 unspecified atom stereocenters. The van der Waals surface area contributed by atoms with Crippen molar-refractivity contribution >= 4 is 51.2 Å². The van der Waals surface area contributed by atoms with E-state index >= 15 is 0 Å². The van der Waals surface area contributed by atoms with E-state index in [2.05, 4.69) is 16.9 Å². The molecule has 4 nitrogen and oxygen atoms in total. The van der Waals surface area contributed by atoms with Crippen LogP contribution in [0.4, 0.5) is 5.13 Å². The number of hydrogen-bond acceptors (Lipinski definition) is 4. The van der Waals surface area contributed by atoms with Gasteiger partial charge >= 0.3 is 5.97 Å². The van der Waals surface area contributed by atoms with Gasteiger partial charge in [-0.15, -0.1) is 0 Å². The third-order valence-corrected chi connectivity index (χ3v) is 6.30. The van der Waals surface area contributed by atoms with Crippen molar-refractivity contribution in [2.45, 2.75) is 13.3 Å². The van der Waals surface area contributed by atoms with Crippen LogP contribution in [0.1, 0.15) is 17.4 Å². The zero-order chi connectivity index (χ0) is 21.0. The molecule has 1 atom stereocenters. The molecular formula is C22H20Cl2N2O2S. The molecule has 3 rings (SSSR count). The van der Waals surface area contributed by atoms with Crippen LogP contribution in [-0.2, 0) is 11.2 Å². The Morgan fingerprint density at radius 1 is 1.21 bits per heavy atom. The highest BCUT2D eigenvalue weighted by molar-refractivity contribution is 7.17. The van der Waals surface area contributed by atoms with Crippen LogP contribution in [0.3, 0.4) is 0 Å². The van der Waals surface area contributed by atoms with Crippen molar-refractivity contribution in [1.82, 2.24) is 4.98 Å². The smallest absolute Gasteiger partial charge is 0.308 e. The zero-order valence-electron chi connectivity index (χ0n) is 15.8. The van der Waals surface area contributed by atoms with Gasteiger partial charge in [0.25, 0.3) is 0 Å². The number of benzene rings is 2. The molecule has 0 amide bonds. The SMILES string of the molecule is C=C(C)c1sc(NCC(Cc2ccccc2)C(=O)O)nc1-c1ccc(Cl)c(Cl)c1. The summed E-state index contributed by atoms with van der Waals surface area (Å²) in [5.74, 6) is -1.41. The highest BCUT2D eigenvalue weighted by Gasteiger charge is 2.20. The number of allylic oxidation sites excluding steroid dienone is 1. The van der Waals surface area contributed by atoms with E-state index in [4.69, 9.17) is 23.2 Å². The van der Waals surface area contributed by atoms with Crippen LogP contribution < -0.4 is 5.32 Å². The predicted molar refractivity (Wildman–Crippen MR) is 122 cm³/mol. The summed E-state index contributed by atoms with van der Waals surface area (Å²) >= 11 is 13.6. The van der Waals surface area contributed by atoms with Gasteiger partial charge in [0.2, 0.25) is 0 Å². The Kier molecular flexibility index (Phi) is 6.96. The lowest BCUT2D eigenvalue weighted by molar-refractivity contribution is -0.141. The molecule has 0 fully saturated rings. The Bertz CT molecular complexity index is 1030. The first-order chi connectivity index (χ1) is 13.8. The first-order valence-electron chi connectivity index (χ1n) is 8.98. The van der Waals surface area contributed by atoms with Crippen LogP contribution in [0.5, 0.6) is 0 Å². The van der Waals surface area contributed by atoms with E-state index in [-0.39, 0.29) is 6.54 Å². The zero-order valence-corrected chi connectivity index (χ0v) is 18.1. The molecular weight excluding hydrogens is 427 g/mol. The molecule has 0 bridgehead atoms. The van der Waals surface area contributed by atoms with E-state index in [1.165, 1.54) is 11.3 Å². The first kappa shape index (κ1) is 21.4. The fourth-order valence-electron chi connectivity index (χ4n) is 2.88. The Hall–Kier alpha value is -2.34. The van der Waals surface area contributed by atoms with Crippen LogP contribution in [0.2, 0.25) is 10.0 Å². The quantitative estimate of drug-likeness (QED) is 0.414. The van der Waals surface area contributed by atoms with Gasteiger partial charge in [0.05, 0.1) is 26.5 Å². The standard InChI is InChI=1S/C22H20Cl2N2O2S/c1-13(2)20-19(15-8-9-17(23)18(24)11-15)26-22(29-20)25-12-16(21(27)28)10-14-6-4-3-5-7-14/h3-9,11,16H,1,10,12H2,2H3,(H,25,26)(H,27,28). The average Bonchev–Trinajstić information content (AvgIpc) is 3.12. The van der Waals surface area contributed by atoms with Crippen molar-refractivity contribution in [3.05, 3.63) is 75.6 Å². The van der Waals surface area contributed by atoms with Crippen molar-refractivity contribution in [3.63, 3.8) is 0 Å². The molecule has 29 heavy (non-hydrogen) atoms. The number of rotatable bonds is 8. The molecule has 1 aromatic heterocycles. The van der Waals surface area contributed by atoms with E-state index < -0.39 is 11.9 Å². The minimum absolute atomic E-state index is 0.272. The van der Waals surface area contributed by atoms with Crippen LogP contribution >= 0.6 is 34.5 Å². The minimum atomic E-state index is -0.845. The maximum atomic E-state index is 11.7. The number of carboxylic acid groups (broad SMARTS) is 1. The highest BCUT2D eigenvalue weighted by atomic mass is 35.5. The first-order valence-corrected chi connectivity index (χ1v) is 10.5. The second-order valence-electron chi connectivity index (χ2n) is 6.71. The Labute approximate surface area is 183 Å². The molecule has 1 heterocycles. The average molecular weight is 447 g/mol. The van der Waals surface area contributed by atoms with Gasteiger partial charge < -0.3 is 10.4 Å². The molecule has 2 N–H and O–H groups in total. The van der Waals surface area contributed by atoms with Crippen molar-refractivity contribution in [3.8, 4) is 11.3 Å². The molecule has 150 valence electrons. The second-order valence-corrected chi connectivity index (χ2v) is 8.53. The van der Waals surface area contributed by atoms with Crippen LogP contribution in [-0.4, -0.2) is 22.6 Å². The molecule has 0 saturated carbocycles. The highest BCUT2D eigenvalue weighted by Crippen LogP contribution is 2.37. The normalized spacial score (nSPS) is 11.8. The maximum absolute atomic E-state index is 11.7. The molecule has 2 aromatic carbocycles. The number of anilines is 1. The number of hydrogen-bond donors (Lipinski definition) is 2. The number of halogens is 2. The lowest BCUT2D eigenvalue weighted by Crippen LogP contribution is -2.25.